The van der Waals surface area contributed by atoms with Crippen LogP contribution in [0.5, 0.6) is 0 Å². The zero-order valence-electron chi connectivity index (χ0n) is 18.7. The van der Waals surface area contributed by atoms with Crippen LogP contribution in [0.3, 0.4) is 0 Å². The summed E-state index contributed by atoms with van der Waals surface area (Å²) in [4.78, 5) is 9.62. The SMILES string of the molecule is CC(C)N(C1=C(N(C(C)C)C(C)C)C1N=[C]=[W])C(C)C.[C-]#[O+].[C-]#[O+].[C-]#[O+].[C-]#[O+].[C-]#[O+]. The van der Waals surface area contributed by atoms with Gasteiger partial charge >= 0.3 is 192 Å². The fourth-order valence-electron chi connectivity index (χ4n) is 3.22. The number of aliphatic imine (C=N–C) groups is 1. The summed E-state index contributed by atoms with van der Waals surface area (Å²) in [6.07, 6.45) is 0. The van der Waals surface area contributed by atoms with Crippen molar-refractivity contribution in [1.82, 2.24) is 9.80 Å². The van der Waals surface area contributed by atoms with E-state index in [-0.39, 0.29) is 6.04 Å². The summed E-state index contributed by atoms with van der Waals surface area (Å²) in [6.45, 7) is 40.6. The number of nitrogens with zero attached hydrogens (tertiary/aromatic N) is 3. The molecule has 9 heteroatoms. The number of hydrogen-bond donors (Lipinski definition) is 0. The van der Waals surface area contributed by atoms with Crippen molar-refractivity contribution in [2.24, 2.45) is 4.99 Å². The van der Waals surface area contributed by atoms with E-state index in [1.807, 2.05) is 0 Å². The molecule has 0 bridgehead atoms. The second-order valence-electron chi connectivity index (χ2n) is 6.58. The Morgan fingerprint density at radius 3 is 0.967 bits per heavy atom. The van der Waals surface area contributed by atoms with Crippen LogP contribution in [-0.2, 0) is 42.6 Å². The Balaban J connectivity index is -0.000000182. The van der Waals surface area contributed by atoms with Gasteiger partial charge in [0, 0.05) is 0 Å². The minimum absolute atomic E-state index is 0.238. The van der Waals surface area contributed by atoms with Gasteiger partial charge in [-0.25, -0.2) is 0 Å². The van der Waals surface area contributed by atoms with Gasteiger partial charge in [0.05, 0.1) is 0 Å². The van der Waals surface area contributed by atoms with E-state index in [2.05, 4.69) is 108 Å². The van der Waals surface area contributed by atoms with Crippen LogP contribution in [0.1, 0.15) is 55.4 Å². The van der Waals surface area contributed by atoms with Crippen LogP contribution >= 0.6 is 0 Å². The molecule has 0 N–H and O–H groups in total. The molecule has 0 amide bonds. The first-order chi connectivity index (χ1) is 14.2. The van der Waals surface area contributed by atoms with E-state index in [0.29, 0.717) is 24.2 Å². The molecule has 0 unspecified atom stereocenters. The van der Waals surface area contributed by atoms with Gasteiger partial charge in [0.15, 0.2) is 0 Å². The van der Waals surface area contributed by atoms with E-state index in [4.69, 9.17) is 23.3 Å². The predicted molar refractivity (Wildman–Crippen MR) is 102 cm³/mol. The molecule has 1 aliphatic rings. The quantitative estimate of drug-likeness (QED) is 0.259. The van der Waals surface area contributed by atoms with Gasteiger partial charge in [0.2, 0.25) is 0 Å². The van der Waals surface area contributed by atoms with Crippen LogP contribution in [0.4, 0.5) is 0 Å². The summed E-state index contributed by atoms with van der Waals surface area (Å²) in [6, 6.07) is 2.26. The molecule has 1 rings (SSSR count). The average molecular weight is 587 g/mol. The molecule has 0 atom stereocenters. The Kier molecular flexibility index (Phi) is 32.8. The molecular weight excluding hydrogens is 558 g/mol. The van der Waals surface area contributed by atoms with Crippen molar-refractivity contribution in [3.8, 4) is 0 Å². The molecule has 0 spiro atoms. The molecule has 164 valence electrons. The molecular formula is C21H29N3O5W. The van der Waals surface area contributed by atoms with Gasteiger partial charge < -0.3 is 0 Å². The Labute approximate surface area is 191 Å². The third-order valence-corrected chi connectivity index (χ3v) is 4.04. The van der Waals surface area contributed by atoms with Gasteiger partial charge in [-0.15, -0.1) is 0 Å². The molecule has 0 aliphatic heterocycles. The van der Waals surface area contributed by atoms with Crippen molar-refractivity contribution < 1.29 is 42.6 Å². The first kappa shape index (κ1) is 38.9. The van der Waals surface area contributed by atoms with E-state index in [1.165, 1.54) is 30.7 Å². The fourth-order valence-corrected chi connectivity index (χ4v) is 3.59. The topological polar surface area (TPSA) is 118 Å². The van der Waals surface area contributed by atoms with E-state index in [0.717, 1.165) is 0 Å². The zero-order chi connectivity index (χ0) is 25.6. The van der Waals surface area contributed by atoms with Gasteiger partial charge in [-0.05, 0) is 0 Å². The maximum absolute atomic E-state index is 7.50. The fraction of sp³-hybridized carbons (Fsp3) is 0.619. The van der Waals surface area contributed by atoms with Gasteiger partial charge in [-0.2, -0.15) is 0 Å². The van der Waals surface area contributed by atoms with Crippen LogP contribution in [0, 0.1) is 33.3 Å². The summed E-state index contributed by atoms with van der Waals surface area (Å²) >= 11 is 1.30. The monoisotopic (exact) mass is 587 g/mol. The normalized spacial score (nSPS) is 10.6. The molecule has 0 aromatic rings. The Hall–Kier alpha value is -1.69. The second kappa shape index (κ2) is 25.3. The third kappa shape index (κ3) is 13.5. The van der Waals surface area contributed by atoms with Gasteiger partial charge in [-0.3, -0.25) is 0 Å². The van der Waals surface area contributed by atoms with Crippen molar-refractivity contribution in [3.05, 3.63) is 44.6 Å². The molecule has 0 fully saturated rings. The number of hydrogen-bond acceptors (Lipinski definition) is 3. The molecule has 0 aromatic carbocycles. The van der Waals surface area contributed by atoms with Crippen molar-refractivity contribution in [2.45, 2.75) is 85.6 Å². The summed E-state index contributed by atoms with van der Waals surface area (Å²) in [7, 11) is 0. The van der Waals surface area contributed by atoms with Crippen molar-refractivity contribution in [3.63, 3.8) is 0 Å². The molecule has 0 saturated carbocycles. The Morgan fingerprint density at radius 1 is 0.633 bits per heavy atom. The summed E-state index contributed by atoms with van der Waals surface area (Å²) < 4.78 is 40.6. The molecule has 0 saturated heterocycles. The molecule has 0 radical (unpaired) electrons. The van der Waals surface area contributed by atoms with Gasteiger partial charge in [0.25, 0.3) is 0 Å². The molecule has 30 heavy (non-hydrogen) atoms. The first-order valence-corrected chi connectivity index (χ1v) is 10.1. The second-order valence-corrected chi connectivity index (χ2v) is 7.24. The molecule has 1 aliphatic carbocycles. The van der Waals surface area contributed by atoms with E-state index >= 15 is 0 Å². The maximum atomic E-state index is 7.50. The van der Waals surface area contributed by atoms with E-state index in [9.17, 15) is 0 Å². The van der Waals surface area contributed by atoms with Crippen LogP contribution in [0.15, 0.2) is 16.4 Å². The average Bonchev–Trinajstić information content (AvgIpc) is 3.40. The summed E-state index contributed by atoms with van der Waals surface area (Å²) in [5.41, 5.74) is 2.82. The van der Waals surface area contributed by atoms with E-state index < -0.39 is 0 Å². The third-order valence-electron chi connectivity index (χ3n) is 3.66. The van der Waals surface area contributed by atoms with Gasteiger partial charge in [-0.1, -0.05) is 0 Å². The standard InChI is InChI=1S/C16H29N3.5CO.W/c1-10(2)18(11(3)4)15-14(17-9)16(15)19(12(5)6)13(7)8;5*1-2;/h10-14H,1-8H3;;;;;;. The Morgan fingerprint density at radius 2 is 0.833 bits per heavy atom. The summed E-state index contributed by atoms with van der Waals surface area (Å²) in [5.74, 6) is 0. The first-order valence-electron chi connectivity index (χ1n) is 8.63. The van der Waals surface area contributed by atoms with Gasteiger partial charge in [0.1, 0.15) is 0 Å². The Bertz CT molecular complexity index is 544. The zero-order valence-corrected chi connectivity index (χ0v) is 21.6. The predicted octanol–water partition coefficient (Wildman–Crippen LogP) is 3.08. The van der Waals surface area contributed by atoms with Crippen LogP contribution in [0.25, 0.3) is 0 Å². The van der Waals surface area contributed by atoms with Crippen molar-refractivity contribution in [1.29, 1.82) is 0 Å². The van der Waals surface area contributed by atoms with Crippen LogP contribution < -0.4 is 0 Å². The van der Waals surface area contributed by atoms with Crippen LogP contribution in [0.2, 0.25) is 0 Å². The number of rotatable bonds is 7. The minimum atomic E-state index is 0.238. The molecule has 0 aromatic heterocycles. The van der Waals surface area contributed by atoms with Crippen LogP contribution in [-0.4, -0.2) is 44.2 Å². The van der Waals surface area contributed by atoms with Crippen molar-refractivity contribution in [2.75, 3.05) is 0 Å². The molecule has 8 nitrogen and oxygen atoms in total. The van der Waals surface area contributed by atoms with E-state index in [1.54, 1.807) is 0 Å². The molecule has 0 heterocycles. The summed E-state index contributed by atoms with van der Waals surface area (Å²) in [5, 5.41) is 0. The van der Waals surface area contributed by atoms with Crippen molar-refractivity contribution >= 4 is 4.19 Å².